The van der Waals surface area contributed by atoms with Crippen LogP contribution in [0.4, 0.5) is 0 Å². The van der Waals surface area contributed by atoms with Crippen LogP contribution in [0.25, 0.3) is 0 Å². The van der Waals surface area contributed by atoms with Crippen LogP contribution in [-0.2, 0) is 16.0 Å². The third-order valence-electron chi connectivity index (χ3n) is 3.52. The number of rotatable bonds is 5. The third-order valence-corrected chi connectivity index (χ3v) is 3.52. The first-order chi connectivity index (χ1) is 9.72. The van der Waals surface area contributed by atoms with Crippen molar-refractivity contribution in [1.29, 1.82) is 0 Å². The van der Waals surface area contributed by atoms with Gasteiger partial charge in [0.25, 0.3) is 0 Å². The van der Waals surface area contributed by atoms with E-state index in [-0.39, 0.29) is 17.9 Å². The van der Waals surface area contributed by atoms with Crippen molar-refractivity contribution >= 4 is 11.8 Å². The summed E-state index contributed by atoms with van der Waals surface area (Å²) in [6, 6.07) is 9.27. The summed E-state index contributed by atoms with van der Waals surface area (Å²) in [5.74, 6) is -0.0732. The lowest BCUT2D eigenvalue weighted by Gasteiger charge is -2.24. The summed E-state index contributed by atoms with van der Waals surface area (Å²) in [5.41, 5.74) is 6.35. The number of hydrogen-bond acceptors (Lipinski definition) is 3. The molecule has 1 atom stereocenters. The Morgan fingerprint density at radius 1 is 1.30 bits per heavy atom. The zero-order valence-corrected chi connectivity index (χ0v) is 11.5. The minimum absolute atomic E-state index is 0.0154. The number of benzene rings is 1. The second kappa shape index (κ2) is 7.05. The molecule has 0 aromatic heterocycles. The Morgan fingerprint density at radius 3 is 2.75 bits per heavy atom. The molecule has 0 aliphatic carbocycles. The average Bonchev–Trinajstić information content (AvgIpc) is 2.95. The van der Waals surface area contributed by atoms with E-state index in [0.29, 0.717) is 26.1 Å². The summed E-state index contributed by atoms with van der Waals surface area (Å²) in [6.07, 6.45) is 1.96. The number of nitrogens with one attached hydrogen (secondary N) is 1. The SMILES string of the molecule is NCCNC(=O)C1CCCN1C(=O)Cc1ccccc1. The lowest BCUT2D eigenvalue weighted by atomic mass is 10.1. The number of carbonyl (C=O) groups excluding carboxylic acids is 2. The monoisotopic (exact) mass is 275 g/mol. The van der Waals surface area contributed by atoms with Crippen molar-refractivity contribution in [1.82, 2.24) is 10.2 Å². The first kappa shape index (κ1) is 14.5. The molecule has 0 radical (unpaired) electrons. The minimum Gasteiger partial charge on any atom is -0.353 e. The van der Waals surface area contributed by atoms with Crippen LogP contribution in [0.15, 0.2) is 30.3 Å². The van der Waals surface area contributed by atoms with Crippen LogP contribution < -0.4 is 11.1 Å². The van der Waals surface area contributed by atoms with Gasteiger partial charge in [0, 0.05) is 19.6 Å². The Morgan fingerprint density at radius 2 is 2.05 bits per heavy atom. The van der Waals surface area contributed by atoms with Gasteiger partial charge < -0.3 is 16.0 Å². The number of hydrogen-bond donors (Lipinski definition) is 2. The molecule has 20 heavy (non-hydrogen) atoms. The third kappa shape index (κ3) is 3.57. The number of amides is 2. The molecule has 3 N–H and O–H groups in total. The molecular weight excluding hydrogens is 254 g/mol. The smallest absolute Gasteiger partial charge is 0.242 e. The normalized spacial score (nSPS) is 18.1. The molecular formula is C15H21N3O2. The maximum atomic E-state index is 12.3. The lowest BCUT2D eigenvalue weighted by Crippen LogP contribution is -2.47. The number of likely N-dealkylation sites (tertiary alicyclic amines) is 1. The van der Waals surface area contributed by atoms with E-state index in [1.807, 2.05) is 30.3 Å². The van der Waals surface area contributed by atoms with Crippen LogP contribution in [0.3, 0.4) is 0 Å². The minimum atomic E-state index is -0.335. The summed E-state index contributed by atoms with van der Waals surface area (Å²) >= 11 is 0. The number of nitrogens with zero attached hydrogens (tertiary/aromatic N) is 1. The summed E-state index contributed by atoms with van der Waals surface area (Å²) < 4.78 is 0. The van der Waals surface area contributed by atoms with Crippen LogP contribution in [0.1, 0.15) is 18.4 Å². The van der Waals surface area contributed by atoms with E-state index >= 15 is 0 Å². The van der Waals surface area contributed by atoms with Gasteiger partial charge in [-0.25, -0.2) is 0 Å². The van der Waals surface area contributed by atoms with E-state index < -0.39 is 0 Å². The molecule has 1 aromatic carbocycles. The molecule has 1 heterocycles. The van der Waals surface area contributed by atoms with Gasteiger partial charge in [0.15, 0.2) is 0 Å². The second-order valence-corrected chi connectivity index (χ2v) is 4.99. The highest BCUT2D eigenvalue weighted by Gasteiger charge is 2.33. The van der Waals surface area contributed by atoms with Gasteiger partial charge in [0.2, 0.25) is 11.8 Å². The molecule has 1 aliphatic heterocycles. The predicted molar refractivity (Wildman–Crippen MR) is 76.9 cm³/mol. The molecule has 1 fully saturated rings. The van der Waals surface area contributed by atoms with Gasteiger partial charge in [-0.15, -0.1) is 0 Å². The molecule has 2 rings (SSSR count). The summed E-state index contributed by atoms with van der Waals surface area (Å²) in [4.78, 5) is 26.0. The van der Waals surface area contributed by atoms with E-state index in [2.05, 4.69) is 5.32 Å². The van der Waals surface area contributed by atoms with E-state index in [9.17, 15) is 9.59 Å². The Labute approximate surface area is 119 Å². The maximum absolute atomic E-state index is 12.3. The van der Waals surface area contributed by atoms with Crippen molar-refractivity contribution in [2.45, 2.75) is 25.3 Å². The van der Waals surface area contributed by atoms with Crippen LogP contribution in [-0.4, -0.2) is 42.4 Å². The topological polar surface area (TPSA) is 75.4 Å². The van der Waals surface area contributed by atoms with E-state index in [1.165, 1.54) is 0 Å². The largest absolute Gasteiger partial charge is 0.353 e. The fourth-order valence-electron chi connectivity index (χ4n) is 2.52. The molecule has 1 saturated heterocycles. The summed E-state index contributed by atoms with van der Waals surface area (Å²) in [6.45, 7) is 1.53. The van der Waals surface area contributed by atoms with Crippen molar-refractivity contribution in [3.8, 4) is 0 Å². The number of carbonyl (C=O) groups is 2. The predicted octanol–water partition coefficient (Wildman–Crippen LogP) is 0.295. The van der Waals surface area contributed by atoms with Gasteiger partial charge in [0.05, 0.1) is 6.42 Å². The molecule has 2 amide bonds. The highest BCUT2D eigenvalue weighted by molar-refractivity contribution is 5.89. The van der Waals surface area contributed by atoms with Crippen molar-refractivity contribution in [2.75, 3.05) is 19.6 Å². The van der Waals surface area contributed by atoms with E-state index in [1.54, 1.807) is 4.90 Å². The van der Waals surface area contributed by atoms with Crippen LogP contribution in [0.5, 0.6) is 0 Å². The van der Waals surface area contributed by atoms with Crippen molar-refractivity contribution in [2.24, 2.45) is 5.73 Å². The summed E-state index contributed by atoms with van der Waals surface area (Å²) in [7, 11) is 0. The molecule has 1 unspecified atom stereocenters. The first-order valence-corrected chi connectivity index (χ1v) is 7.03. The Balaban J connectivity index is 1.96. The van der Waals surface area contributed by atoms with Gasteiger partial charge in [-0.3, -0.25) is 9.59 Å². The summed E-state index contributed by atoms with van der Waals surface area (Å²) in [5, 5.41) is 2.77. The van der Waals surface area contributed by atoms with Crippen LogP contribution >= 0.6 is 0 Å². The van der Waals surface area contributed by atoms with Gasteiger partial charge in [-0.2, -0.15) is 0 Å². The fraction of sp³-hybridized carbons (Fsp3) is 0.467. The Hall–Kier alpha value is -1.88. The zero-order valence-electron chi connectivity index (χ0n) is 11.5. The first-order valence-electron chi connectivity index (χ1n) is 7.03. The molecule has 5 heteroatoms. The standard InChI is InChI=1S/C15H21N3O2/c16-8-9-17-15(20)13-7-4-10-18(13)14(19)11-12-5-2-1-3-6-12/h1-3,5-6,13H,4,7-11,16H2,(H,17,20). The van der Waals surface area contributed by atoms with Crippen molar-refractivity contribution in [3.05, 3.63) is 35.9 Å². The molecule has 0 spiro atoms. The molecule has 5 nitrogen and oxygen atoms in total. The fourth-order valence-corrected chi connectivity index (χ4v) is 2.52. The van der Waals surface area contributed by atoms with E-state index in [4.69, 9.17) is 5.73 Å². The van der Waals surface area contributed by atoms with Gasteiger partial charge in [-0.05, 0) is 18.4 Å². The lowest BCUT2D eigenvalue weighted by molar-refractivity contribution is -0.137. The second-order valence-electron chi connectivity index (χ2n) is 4.99. The number of nitrogens with two attached hydrogens (primary N) is 1. The highest BCUT2D eigenvalue weighted by atomic mass is 16.2. The van der Waals surface area contributed by atoms with Crippen molar-refractivity contribution < 1.29 is 9.59 Å². The average molecular weight is 275 g/mol. The Bertz CT molecular complexity index is 461. The quantitative estimate of drug-likeness (QED) is 0.811. The van der Waals surface area contributed by atoms with E-state index in [0.717, 1.165) is 18.4 Å². The molecule has 0 bridgehead atoms. The van der Waals surface area contributed by atoms with Crippen LogP contribution in [0, 0.1) is 0 Å². The molecule has 0 saturated carbocycles. The highest BCUT2D eigenvalue weighted by Crippen LogP contribution is 2.18. The van der Waals surface area contributed by atoms with Gasteiger partial charge >= 0.3 is 0 Å². The van der Waals surface area contributed by atoms with Gasteiger partial charge in [-0.1, -0.05) is 30.3 Å². The maximum Gasteiger partial charge on any atom is 0.242 e. The Kier molecular flexibility index (Phi) is 5.12. The van der Waals surface area contributed by atoms with Crippen molar-refractivity contribution in [3.63, 3.8) is 0 Å². The van der Waals surface area contributed by atoms with Gasteiger partial charge in [0.1, 0.15) is 6.04 Å². The molecule has 108 valence electrons. The molecule has 1 aromatic rings. The van der Waals surface area contributed by atoms with Crippen LogP contribution in [0.2, 0.25) is 0 Å². The zero-order chi connectivity index (χ0) is 14.4. The molecule has 1 aliphatic rings.